The summed E-state index contributed by atoms with van der Waals surface area (Å²) in [5.41, 5.74) is 0. The van der Waals surface area contributed by atoms with Crippen LogP contribution in [0.3, 0.4) is 0 Å². The molecule has 0 unspecified atom stereocenters. The Bertz CT molecular complexity index is 540. The molecule has 0 rings (SSSR count). The SMILES string of the molecule is C[Si](C)(C)OS(=O)(=O)OCC(F)(F)COS(=O)(=O)O[Si](C)(C)C. The zero-order chi connectivity index (χ0) is 18.7. The van der Waals surface area contributed by atoms with Crippen LogP contribution in [0.5, 0.6) is 0 Å². The van der Waals surface area contributed by atoms with Gasteiger partial charge in [-0.05, 0) is 39.3 Å². The lowest BCUT2D eigenvalue weighted by Gasteiger charge is -2.20. The largest absolute Gasteiger partial charge is 0.390 e. The van der Waals surface area contributed by atoms with Crippen molar-refractivity contribution in [1.82, 2.24) is 0 Å². The van der Waals surface area contributed by atoms with Gasteiger partial charge in [-0.25, -0.2) is 17.1 Å². The van der Waals surface area contributed by atoms with Gasteiger partial charge in [-0.1, -0.05) is 0 Å². The van der Waals surface area contributed by atoms with E-state index in [0.29, 0.717) is 0 Å². The summed E-state index contributed by atoms with van der Waals surface area (Å²) in [5.74, 6) is -3.87. The quantitative estimate of drug-likeness (QED) is 0.497. The first-order valence-corrected chi connectivity index (χ1v) is 15.9. The Balaban J connectivity index is 4.62. The van der Waals surface area contributed by atoms with E-state index in [4.69, 9.17) is 0 Å². The molecule has 0 aliphatic rings. The number of hydrogen-bond donors (Lipinski definition) is 0. The molecule has 140 valence electrons. The van der Waals surface area contributed by atoms with E-state index in [1.165, 1.54) is 39.3 Å². The van der Waals surface area contributed by atoms with Gasteiger partial charge in [-0.15, -0.1) is 0 Å². The maximum atomic E-state index is 13.5. The van der Waals surface area contributed by atoms with Crippen molar-refractivity contribution < 1.29 is 41.7 Å². The molecule has 23 heavy (non-hydrogen) atoms. The fourth-order valence-corrected chi connectivity index (χ4v) is 6.94. The van der Waals surface area contributed by atoms with Crippen LogP contribution in [0.25, 0.3) is 0 Å². The van der Waals surface area contributed by atoms with Gasteiger partial charge < -0.3 is 0 Å². The minimum atomic E-state index is -4.60. The van der Waals surface area contributed by atoms with Crippen molar-refractivity contribution in [2.75, 3.05) is 13.2 Å². The van der Waals surface area contributed by atoms with Gasteiger partial charge in [0.2, 0.25) is 16.6 Å². The second-order valence-electron chi connectivity index (χ2n) is 6.59. The van der Waals surface area contributed by atoms with Crippen molar-refractivity contribution in [3.05, 3.63) is 0 Å². The van der Waals surface area contributed by atoms with Crippen molar-refractivity contribution in [3.8, 4) is 0 Å². The van der Waals surface area contributed by atoms with Crippen LogP contribution in [-0.2, 0) is 36.9 Å². The summed E-state index contributed by atoms with van der Waals surface area (Å²) in [5, 5.41) is 0. The average Bonchev–Trinajstić information content (AvgIpc) is 2.18. The van der Waals surface area contributed by atoms with Gasteiger partial charge in [0, 0.05) is 0 Å². The Morgan fingerprint density at radius 2 is 1.00 bits per heavy atom. The first-order valence-electron chi connectivity index (χ1n) is 6.40. The first kappa shape index (κ1) is 23.0. The third-order valence-electron chi connectivity index (χ3n) is 1.53. The molecule has 0 aromatic heterocycles. The molecule has 14 heteroatoms. The summed E-state index contributed by atoms with van der Waals surface area (Å²) in [6.07, 6.45) is 0. The lowest BCUT2D eigenvalue weighted by molar-refractivity contribution is -0.0737. The fraction of sp³-hybridized carbons (Fsp3) is 1.00. The number of halogens is 2. The van der Waals surface area contributed by atoms with Crippen molar-refractivity contribution in [3.63, 3.8) is 0 Å². The molecule has 0 spiro atoms. The van der Waals surface area contributed by atoms with Crippen LogP contribution >= 0.6 is 0 Å². The van der Waals surface area contributed by atoms with E-state index in [1.807, 2.05) is 0 Å². The van der Waals surface area contributed by atoms with Crippen LogP contribution in [0.2, 0.25) is 39.3 Å². The van der Waals surface area contributed by atoms with E-state index in [1.54, 1.807) is 0 Å². The molecule has 0 saturated carbocycles. The summed E-state index contributed by atoms with van der Waals surface area (Å²) in [4.78, 5) is 0. The zero-order valence-corrected chi connectivity index (χ0v) is 17.4. The Morgan fingerprint density at radius 1 is 0.739 bits per heavy atom. The minimum absolute atomic E-state index is 1.52. The van der Waals surface area contributed by atoms with Crippen LogP contribution in [0.15, 0.2) is 0 Å². The molecule has 0 bridgehead atoms. The summed E-state index contributed by atoms with van der Waals surface area (Å²) < 4.78 is 89.8. The van der Waals surface area contributed by atoms with E-state index < -0.39 is 56.6 Å². The predicted molar refractivity (Wildman–Crippen MR) is 83.6 cm³/mol. The van der Waals surface area contributed by atoms with Gasteiger partial charge in [0.25, 0.3) is 5.92 Å². The molecule has 0 aliphatic carbocycles. The van der Waals surface area contributed by atoms with Gasteiger partial charge >= 0.3 is 20.8 Å². The predicted octanol–water partition coefficient (Wildman–Crippen LogP) is 1.85. The number of rotatable bonds is 10. The summed E-state index contributed by atoms with van der Waals surface area (Å²) >= 11 is 0. The highest BCUT2D eigenvalue weighted by Gasteiger charge is 2.37. The fourth-order valence-electron chi connectivity index (χ4n) is 1.02. The van der Waals surface area contributed by atoms with Gasteiger partial charge in [0.05, 0.1) is 0 Å². The molecular weight excluding hydrogens is 394 g/mol. The van der Waals surface area contributed by atoms with E-state index >= 15 is 0 Å². The van der Waals surface area contributed by atoms with Gasteiger partial charge in [-0.2, -0.15) is 16.8 Å². The van der Waals surface area contributed by atoms with E-state index in [0.717, 1.165) is 0 Å². The topological polar surface area (TPSA) is 105 Å². The monoisotopic (exact) mass is 416 g/mol. The van der Waals surface area contributed by atoms with Crippen LogP contribution in [0, 0.1) is 0 Å². The summed E-state index contributed by atoms with van der Waals surface area (Å²) in [7, 11) is -14.3. The van der Waals surface area contributed by atoms with Gasteiger partial charge in [-0.3, -0.25) is 7.74 Å². The molecule has 0 aromatic carbocycles. The molecule has 8 nitrogen and oxygen atoms in total. The standard InChI is InChI=1S/C9H22F2O8S2Si2/c1-22(2,3)18-20(12,13)16-7-9(10,11)8-17-21(14,15)19-23(4,5)6/h7-8H2,1-6H3. The van der Waals surface area contributed by atoms with Crippen molar-refractivity contribution in [2.45, 2.75) is 45.2 Å². The molecule has 0 atom stereocenters. The van der Waals surface area contributed by atoms with E-state index in [2.05, 4.69) is 16.1 Å². The smallest absolute Gasteiger partial charge is 0.294 e. The molecule has 0 radical (unpaired) electrons. The molecule has 0 saturated heterocycles. The Kier molecular flexibility index (Phi) is 7.52. The summed E-state index contributed by atoms with van der Waals surface area (Å²) in [6.45, 7) is 5.92. The maximum Gasteiger partial charge on any atom is 0.390 e. The number of hydrogen-bond acceptors (Lipinski definition) is 8. The zero-order valence-electron chi connectivity index (χ0n) is 13.8. The van der Waals surface area contributed by atoms with Crippen LogP contribution < -0.4 is 0 Å². The molecule has 0 amide bonds. The first-order chi connectivity index (χ1) is 9.83. The second kappa shape index (κ2) is 7.51. The molecule has 0 heterocycles. The van der Waals surface area contributed by atoms with Crippen LogP contribution in [0.1, 0.15) is 0 Å². The molecule has 0 N–H and O–H groups in total. The van der Waals surface area contributed by atoms with Gasteiger partial charge in [0.15, 0.2) is 0 Å². The number of alkyl halides is 2. The molecule has 0 aromatic rings. The third kappa shape index (κ3) is 13.0. The lowest BCUT2D eigenvalue weighted by atomic mass is 10.4. The average molecular weight is 417 g/mol. The Hall–Kier alpha value is 0.0338. The Morgan fingerprint density at radius 3 is 1.22 bits per heavy atom. The lowest BCUT2D eigenvalue weighted by Crippen LogP contribution is -2.37. The van der Waals surface area contributed by atoms with Crippen LogP contribution in [-0.4, -0.2) is 52.6 Å². The van der Waals surface area contributed by atoms with E-state index in [9.17, 15) is 25.6 Å². The highest BCUT2D eigenvalue weighted by Crippen LogP contribution is 2.20. The highest BCUT2D eigenvalue weighted by molar-refractivity contribution is 7.83. The Labute approximate surface area is 138 Å². The second-order valence-corrected chi connectivity index (χ2v) is 18.5. The maximum absolute atomic E-state index is 13.5. The normalized spacial score (nSPS) is 15.0. The van der Waals surface area contributed by atoms with Gasteiger partial charge in [0.1, 0.15) is 13.2 Å². The van der Waals surface area contributed by atoms with E-state index in [-0.39, 0.29) is 0 Å². The molecule has 0 aliphatic heterocycles. The van der Waals surface area contributed by atoms with Crippen molar-refractivity contribution in [1.29, 1.82) is 0 Å². The summed E-state index contributed by atoms with van der Waals surface area (Å²) in [6, 6.07) is 0. The van der Waals surface area contributed by atoms with Crippen LogP contribution in [0.4, 0.5) is 8.78 Å². The highest BCUT2D eigenvalue weighted by atomic mass is 32.3. The third-order valence-corrected chi connectivity index (χ3v) is 7.98. The molecule has 0 fully saturated rings. The minimum Gasteiger partial charge on any atom is -0.294 e. The van der Waals surface area contributed by atoms with Crippen molar-refractivity contribution in [2.24, 2.45) is 0 Å². The molecular formula is C9H22F2O8S2Si2. The van der Waals surface area contributed by atoms with Crippen molar-refractivity contribution >= 4 is 37.4 Å².